The highest BCUT2D eigenvalue weighted by Gasteiger charge is 2.10. The Morgan fingerprint density at radius 1 is 1.16 bits per heavy atom. The molecule has 1 aromatic rings. The smallest absolute Gasteiger partial charge is 0.0802 e. The van der Waals surface area contributed by atoms with Crippen molar-refractivity contribution in [1.82, 2.24) is 4.90 Å². The quantitative estimate of drug-likeness (QED) is 0.731. The van der Waals surface area contributed by atoms with E-state index in [4.69, 9.17) is 11.6 Å². The predicted molar refractivity (Wildman–Crippen MR) is 82.7 cm³/mol. The summed E-state index contributed by atoms with van der Waals surface area (Å²) in [4.78, 5) is 2.44. The van der Waals surface area contributed by atoms with Crippen LogP contribution in [-0.4, -0.2) is 29.6 Å². The minimum atomic E-state index is -0.417. The van der Waals surface area contributed by atoms with Gasteiger partial charge in [0.25, 0.3) is 0 Å². The Bertz CT molecular complexity index is 356. The van der Waals surface area contributed by atoms with E-state index in [-0.39, 0.29) is 0 Å². The van der Waals surface area contributed by atoms with Gasteiger partial charge in [0, 0.05) is 11.6 Å². The molecule has 0 amide bonds. The molecule has 0 bridgehead atoms. The van der Waals surface area contributed by atoms with Gasteiger partial charge in [-0.05, 0) is 50.0 Å². The van der Waals surface area contributed by atoms with Gasteiger partial charge in [0.05, 0.1) is 6.10 Å². The zero-order chi connectivity index (χ0) is 14.1. The monoisotopic (exact) mass is 283 g/mol. The van der Waals surface area contributed by atoms with Gasteiger partial charge in [-0.1, -0.05) is 44.0 Å². The van der Waals surface area contributed by atoms with Crippen LogP contribution in [0.2, 0.25) is 5.02 Å². The molecule has 0 radical (unpaired) electrons. The number of rotatable bonds is 9. The summed E-state index contributed by atoms with van der Waals surface area (Å²) in [7, 11) is 0. The van der Waals surface area contributed by atoms with Crippen LogP contribution in [0.25, 0.3) is 0 Å². The minimum Gasteiger partial charge on any atom is -0.388 e. The highest BCUT2D eigenvalue weighted by atomic mass is 35.5. The maximum Gasteiger partial charge on any atom is 0.0802 e. The number of hydrogen-bond acceptors (Lipinski definition) is 2. The summed E-state index contributed by atoms with van der Waals surface area (Å²) in [5, 5.41) is 10.9. The molecular weight excluding hydrogens is 258 g/mol. The van der Waals surface area contributed by atoms with E-state index in [0.717, 1.165) is 38.0 Å². The highest BCUT2D eigenvalue weighted by molar-refractivity contribution is 6.30. The molecule has 3 heteroatoms. The average Bonchev–Trinajstić information content (AvgIpc) is 2.41. The Labute approximate surface area is 122 Å². The Hall–Kier alpha value is -0.570. The predicted octanol–water partition coefficient (Wildman–Crippen LogP) is 4.28. The lowest BCUT2D eigenvalue weighted by molar-refractivity contribution is 0.141. The van der Waals surface area contributed by atoms with Crippen LogP contribution in [-0.2, 0) is 0 Å². The minimum absolute atomic E-state index is 0.417. The first kappa shape index (κ1) is 16.5. The Morgan fingerprint density at radius 2 is 1.95 bits per heavy atom. The molecule has 0 aromatic heterocycles. The molecule has 108 valence electrons. The molecule has 1 aromatic carbocycles. The van der Waals surface area contributed by atoms with E-state index in [2.05, 4.69) is 18.7 Å². The third-order valence-corrected chi connectivity index (χ3v) is 3.56. The molecule has 0 aliphatic rings. The fourth-order valence-electron chi connectivity index (χ4n) is 2.22. The van der Waals surface area contributed by atoms with Crippen molar-refractivity contribution in [3.05, 3.63) is 34.9 Å². The Kier molecular flexibility index (Phi) is 8.11. The van der Waals surface area contributed by atoms with Crippen LogP contribution in [0, 0.1) is 0 Å². The van der Waals surface area contributed by atoms with Crippen LogP contribution in [0.4, 0.5) is 0 Å². The van der Waals surface area contributed by atoms with Crippen molar-refractivity contribution in [2.75, 3.05) is 19.6 Å². The highest BCUT2D eigenvalue weighted by Crippen LogP contribution is 2.20. The van der Waals surface area contributed by atoms with Gasteiger partial charge in [-0.3, -0.25) is 0 Å². The van der Waals surface area contributed by atoms with E-state index in [1.54, 1.807) is 0 Å². The van der Waals surface area contributed by atoms with Gasteiger partial charge < -0.3 is 10.0 Å². The molecule has 19 heavy (non-hydrogen) atoms. The van der Waals surface area contributed by atoms with Crippen molar-refractivity contribution < 1.29 is 5.11 Å². The third kappa shape index (κ3) is 6.42. The maximum absolute atomic E-state index is 10.2. The fraction of sp³-hybridized carbons (Fsp3) is 0.625. The van der Waals surface area contributed by atoms with Crippen molar-refractivity contribution in [2.24, 2.45) is 0 Å². The topological polar surface area (TPSA) is 23.5 Å². The molecule has 0 spiro atoms. The van der Waals surface area contributed by atoms with Crippen LogP contribution in [0.15, 0.2) is 24.3 Å². The van der Waals surface area contributed by atoms with E-state index >= 15 is 0 Å². The van der Waals surface area contributed by atoms with Crippen LogP contribution in [0.3, 0.4) is 0 Å². The van der Waals surface area contributed by atoms with Gasteiger partial charge in [-0.15, -0.1) is 0 Å². The van der Waals surface area contributed by atoms with E-state index in [1.165, 1.54) is 12.8 Å². The van der Waals surface area contributed by atoms with Crippen molar-refractivity contribution >= 4 is 11.6 Å². The lowest BCUT2D eigenvalue weighted by Gasteiger charge is -2.23. The summed E-state index contributed by atoms with van der Waals surface area (Å²) in [6.45, 7) is 7.60. The number of unbranched alkanes of at least 4 members (excludes halogenated alkanes) is 1. The zero-order valence-corrected chi connectivity index (χ0v) is 12.9. The van der Waals surface area contributed by atoms with Gasteiger partial charge in [-0.25, -0.2) is 0 Å². The number of halogens is 1. The molecule has 0 aliphatic heterocycles. The molecule has 0 heterocycles. The SMILES string of the molecule is CCCCN(CCC)CCC(O)c1cccc(Cl)c1. The number of aliphatic hydroxyl groups is 1. The second-order valence-corrected chi connectivity index (χ2v) is 5.49. The molecule has 0 saturated carbocycles. The number of hydrogen-bond donors (Lipinski definition) is 1. The first-order valence-corrected chi connectivity index (χ1v) is 7.71. The van der Waals surface area contributed by atoms with Crippen molar-refractivity contribution in [1.29, 1.82) is 0 Å². The third-order valence-electron chi connectivity index (χ3n) is 3.32. The lowest BCUT2D eigenvalue weighted by Crippen LogP contribution is -2.28. The number of aliphatic hydroxyl groups excluding tert-OH is 1. The zero-order valence-electron chi connectivity index (χ0n) is 12.1. The van der Waals surface area contributed by atoms with Crippen LogP contribution < -0.4 is 0 Å². The van der Waals surface area contributed by atoms with Crippen LogP contribution in [0.5, 0.6) is 0 Å². The molecule has 1 unspecified atom stereocenters. The normalized spacial score (nSPS) is 12.9. The summed E-state index contributed by atoms with van der Waals surface area (Å²) >= 11 is 5.95. The molecule has 0 aliphatic carbocycles. The van der Waals surface area contributed by atoms with E-state index < -0.39 is 6.10 Å². The summed E-state index contributed by atoms with van der Waals surface area (Å²) in [5.74, 6) is 0. The van der Waals surface area contributed by atoms with Gasteiger partial charge in [0.1, 0.15) is 0 Å². The molecule has 0 fully saturated rings. The second-order valence-electron chi connectivity index (χ2n) is 5.05. The summed E-state index contributed by atoms with van der Waals surface area (Å²) < 4.78 is 0. The van der Waals surface area contributed by atoms with E-state index in [1.807, 2.05) is 24.3 Å². The number of nitrogens with zero attached hydrogens (tertiary/aromatic N) is 1. The van der Waals surface area contributed by atoms with E-state index in [9.17, 15) is 5.11 Å². The average molecular weight is 284 g/mol. The molecule has 1 N–H and O–H groups in total. The van der Waals surface area contributed by atoms with Gasteiger partial charge in [0.2, 0.25) is 0 Å². The largest absolute Gasteiger partial charge is 0.388 e. The standard InChI is InChI=1S/C16H26ClNO/c1-3-5-11-18(10-4-2)12-9-16(19)14-7-6-8-15(17)13-14/h6-8,13,16,19H,3-5,9-12H2,1-2H3. The molecular formula is C16H26ClNO. The van der Waals surface area contributed by atoms with Gasteiger partial charge in [-0.2, -0.15) is 0 Å². The molecule has 0 saturated heterocycles. The first-order valence-electron chi connectivity index (χ1n) is 7.33. The Balaban J connectivity index is 2.44. The van der Waals surface area contributed by atoms with Crippen molar-refractivity contribution in [3.8, 4) is 0 Å². The van der Waals surface area contributed by atoms with Gasteiger partial charge in [0.15, 0.2) is 0 Å². The summed E-state index contributed by atoms with van der Waals surface area (Å²) in [5.41, 5.74) is 0.916. The van der Waals surface area contributed by atoms with Crippen LogP contribution >= 0.6 is 11.6 Å². The molecule has 1 rings (SSSR count). The van der Waals surface area contributed by atoms with E-state index in [0.29, 0.717) is 5.02 Å². The molecule has 1 atom stereocenters. The fourth-order valence-corrected chi connectivity index (χ4v) is 2.42. The summed E-state index contributed by atoms with van der Waals surface area (Å²) in [6.07, 6.45) is 3.96. The number of benzene rings is 1. The van der Waals surface area contributed by atoms with Gasteiger partial charge >= 0.3 is 0 Å². The lowest BCUT2D eigenvalue weighted by atomic mass is 10.1. The second kappa shape index (κ2) is 9.35. The molecule has 2 nitrogen and oxygen atoms in total. The maximum atomic E-state index is 10.2. The summed E-state index contributed by atoms with van der Waals surface area (Å²) in [6, 6.07) is 7.51. The van der Waals surface area contributed by atoms with Crippen molar-refractivity contribution in [2.45, 2.75) is 45.6 Å². The van der Waals surface area contributed by atoms with Crippen LogP contribution in [0.1, 0.15) is 51.2 Å². The first-order chi connectivity index (χ1) is 9.17. The Morgan fingerprint density at radius 3 is 2.58 bits per heavy atom. The van der Waals surface area contributed by atoms with Crippen molar-refractivity contribution in [3.63, 3.8) is 0 Å².